The molecule has 0 unspecified atom stereocenters. The van der Waals surface area contributed by atoms with E-state index in [1.54, 1.807) is 55.5 Å². The molecule has 0 radical (unpaired) electrons. The summed E-state index contributed by atoms with van der Waals surface area (Å²) in [5.74, 6) is 0.242. The van der Waals surface area contributed by atoms with Crippen molar-refractivity contribution in [1.82, 2.24) is 5.43 Å². The molecule has 0 spiro atoms. The Balaban J connectivity index is 1.70. The summed E-state index contributed by atoms with van der Waals surface area (Å²) in [7, 11) is -2.27. The van der Waals surface area contributed by atoms with Crippen molar-refractivity contribution in [3.05, 3.63) is 84.8 Å². The molecule has 3 aromatic rings. The highest BCUT2D eigenvalue weighted by Gasteiger charge is 2.23. The quantitative estimate of drug-likeness (QED) is 0.205. The van der Waals surface area contributed by atoms with Crippen LogP contribution in [0, 0.1) is 6.92 Å². The van der Waals surface area contributed by atoms with Crippen LogP contribution in [0.15, 0.2) is 58.1 Å². The monoisotopic (exact) mass is 661 g/mol. The number of carbonyl (C=O) groups is 1. The van der Waals surface area contributed by atoms with Crippen molar-refractivity contribution in [3.63, 3.8) is 0 Å². The molecule has 0 saturated carbocycles. The zero-order chi connectivity index (χ0) is 28.0. The maximum absolute atomic E-state index is 12.5. The molecular formula is C25H23BrCl3N3O5S. The van der Waals surface area contributed by atoms with Crippen LogP contribution in [0.5, 0.6) is 11.5 Å². The highest BCUT2D eigenvalue weighted by atomic mass is 79.9. The number of amides is 1. The Bertz CT molecular complexity index is 1490. The Morgan fingerprint density at radius 3 is 2.50 bits per heavy atom. The molecule has 1 amide bonds. The lowest BCUT2D eigenvalue weighted by molar-refractivity contribution is -0.119. The number of nitrogens with one attached hydrogen (secondary N) is 1. The van der Waals surface area contributed by atoms with E-state index in [4.69, 9.17) is 44.3 Å². The summed E-state index contributed by atoms with van der Waals surface area (Å²) >= 11 is 21.6. The Morgan fingerprint density at radius 2 is 1.84 bits per heavy atom. The van der Waals surface area contributed by atoms with E-state index in [-0.39, 0.29) is 6.61 Å². The molecule has 3 aromatic carbocycles. The van der Waals surface area contributed by atoms with Gasteiger partial charge in [0.05, 0.1) is 39.8 Å². The van der Waals surface area contributed by atoms with E-state index in [1.165, 1.54) is 13.3 Å². The third-order valence-electron chi connectivity index (χ3n) is 5.22. The molecule has 1 N–H and O–H groups in total. The molecule has 8 nitrogen and oxygen atoms in total. The summed E-state index contributed by atoms with van der Waals surface area (Å²) in [5, 5.41) is 5.22. The highest BCUT2D eigenvalue weighted by Crippen LogP contribution is 2.37. The molecule has 0 saturated heterocycles. The van der Waals surface area contributed by atoms with Gasteiger partial charge in [-0.3, -0.25) is 9.10 Å². The Kier molecular flexibility index (Phi) is 10.3. The summed E-state index contributed by atoms with van der Waals surface area (Å²) in [6.07, 6.45) is 2.40. The standard InChI is InChI=1S/C25H23BrCl3N3O5S/c1-15-19(27)5-4-6-22(15)32(38(3,34)35)13-24(33)31-30-12-17-9-18(26)25(23(11-17)36-2)37-14-16-7-8-20(28)21(29)10-16/h4-12H,13-14H2,1-3H3,(H,31,33)/b30-12-. The van der Waals surface area contributed by atoms with E-state index < -0.39 is 22.5 Å². The second kappa shape index (κ2) is 13.0. The summed E-state index contributed by atoms with van der Waals surface area (Å²) < 4.78 is 37.6. The van der Waals surface area contributed by atoms with Crippen molar-refractivity contribution >= 4 is 78.6 Å². The molecule has 0 aliphatic heterocycles. The van der Waals surface area contributed by atoms with Gasteiger partial charge in [0.25, 0.3) is 5.91 Å². The van der Waals surface area contributed by atoms with Gasteiger partial charge in [0.15, 0.2) is 11.5 Å². The molecule has 13 heteroatoms. The van der Waals surface area contributed by atoms with Crippen molar-refractivity contribution in [2.45, 2.75) is 13.5 Å². The van der Waals surface area contributed by atoms with Crippen LogP contribution in [0.4, 0.5) is 5.69 Å². The Labute approximate surface area is 244 Å². The van der Waals surface area contributed by atoms with Gasteiger partial charge >= 0.3 is 0 Å². The molecule has 0 fully saturated rings. The number of halogens is 4. The van der Waals surface area contributed by atoms with Crippen LogP contribution in [-0.2, 0) is 21.4 Å². The first-order valence-electron chi connectivity index (χ1n) is 10.9. The first-order valence-corrected chi connectivity index (χ1v) is 14.7. The zero-order valence-electron chi connectivity index (χ0n) is 20.5. The summed E-state index contributed by atoms with van der Waals surface area (Å²) in [4.78, 5) is 12.5. The number of benzene rings is 3. The minimum Gasteiger partial charge on any atom is -0.493 e. The average Bonchev–Trinajstić information content (AvgIpc) is 2.85. The predicted molar refractivity (Wildman–Crippen MR) is 156 cm³/mol. The van der Waals surface area contributed by atoms with Gasteiger partial charge in [0.1, 0.15) is 13.2 Å². The number of rotatable bonds is 10. The highest BCUT2D eigenvalue weighted by molar-refractivity contribution is 9.10. The van der Waals surface area contributed by atoms with E-state index in [0.717, 1.165) is 16.1 Å². The van der Waals surface area contributed by atoms with Crippen LogP contribution < -0.4 is 19.2 Å². The van der Waals surface area contributed by atoms with E-state index in [9.17, 15) is 13.2 Å². The fourth-order valence-electron chi connectivity index (χ4n) is 3.33. The van der Waals surface area contributed by atoms with Crippen LogP contribution >= 0.6 is 50.7 Å². The topological polar surface area (TPSA) is 97.3 Å². The normalized spacial score (nSPS) is 11.4. The van der Waals surface area contributed by atoms with Crippen molar-refractivity contribution in [3.8, 4) is 11.5 Å². The molecule has 38 heavy (non-hydrogen) atoms. The maximum atomic E-state index is 12.5. The van der Waals surface area contributed by atoms with Crippen LogP contribution in [0.3, 0.4) is 0 Å². The number of nitrogens with zero attached hydrogens (tertiary/aromatic N) is 2. The Morgan fingerprint density at radius 1 is 1.11 bits per heavy atom. The lowest BCUT2D eigenvalue weighted by atomic mass is 10.2. The number of hydrogen-bond donors (Lipinski definition) is 1. The van der Waals surface area contributed by atoms with E-state index in [0.29, 0.717) is 47.9 Å². The molecule has 0 heterocycles. The summed E-state index contributed by atoms with van der Waals surface area (Å²) in [6.45, 7) is 1.42. The molecule has 0 atom stereocenters. The number of anilines is 1. The van der Waals surface area contributed by atoms with Crippen LogP contribution in [0.2, 0.25) is 15.1 Å². The van der Waals surface area contributed by atoms with Gasteiger partial charge < -0.3 is 9.47 Å². The third kappa shape index (κ3) is 7.77. The van der Waals surface area contributed by atoms with Gasteiger partial charge in [0.2, 0.25) is 10.0 Å². The molecular weight excluding hydrogens is 641 g/mol. The average molecular weight is 664 g/mol. The van der Waals surface area contributed by atoms with Crippen LogP contribution in [0.25, 0.3) is 0 Å². The van der Waals surface area contributed by atoms with Gasteiger partial charge in [-0.1, -0.05) is 46.9 Å². The molecule has 0 aliphatic rings. The molecule has 202 valence electrons. The number of ether oxygens (including phenoxy) is 2. The molecule has 0 aliphatic carbocycles. The number of hydrazone groups is 1. The summed E-state index contributed by atoms with van der Waals surface area (Å²) in [5.41, 5.74) is 4.59. The second-order valence-electron chi connectivity index (χ2n) is 8.02. The molecule has 0 bridgehead atoms. The number of hydrogen-bond acceptors (Lipinski definition) is 6. The largest absolute Gasteiger partial charge is 0.493 e. The number of sulfonamides is 1. The van der Waals surface area contributed by atoms with Crippen molar-refractivity contribution in [2.24, 2.45) is 5.10 Å². The van der Waals surface area contributed by atoms with Crippen LogP contribution in [0.1, 0.15) is 16.7 Å². The summed E-state index contributed by atoms with van der Waals surface area (Å²) in [6, 6.07) is 13.4. The van der Waals surface area contributed by atoms with Gasteiger partial charge in [-0.25, -0.2) is 13.8 Å². The SMILES string of the molecule is COc1cc(/C=N\NC(=O)CN(c2cccc(Cl)c2C)S(C)(=O)=O)cc(Br)c1OCc1ccc(Cl)c(Cl)c1. The third-order valence-corrected chi connectivity index (χ3v) is 8.08. The first kappa shape index (κ1) is 30.0. The van der Waals surface area contributed by atoms with Crippen molar-refractivity contribution < 1.29 is 22.7 Å². The van der Waals surface area contributed by atoms with Gasteiger partial charge in [-0.15, -0.1) is 0 Å². The fraction of sp³-hybridized carbons (Fsp3) is 0.200. The van der Waals surface area contributed by atoms with Crippen molar-refractivity contribution in [1.29, 1.82) is 0 Å². The first-order chi connectivity index (χ1) is 17.9. The maximum Gasteiger partial charge on any atom is 0.260 e. The van der Waals surface area contributed by atoms with Crippen LogP contribution in [-0.4, -0.2) is 40.4 Å². The van der Waals surface area contributed by atoms with E-state index >= 15 is 0 Å². The second-order valence-corrected chi connectivity index (χ2v) is 12.0. The van der Waals surface area contributed by atoms with Gasteiger partial charge in [-0.2, -0.15) is 5.10 Å². The van der Waals surface area contributed by atoms with Gasteiger partial charge in [-0.05, 0) is 75.9 Å². The number of carbonyl (C=O) groups excluding carboxylic acids is 1. The van der Waals surface area contributed by atoms with E-state index in [2.05, 4.69) is 26.5 Å². The van der Waals surface area contributed by atoms with Gasteiger partial charge in [0, 0.05) is 5.02 Å². The molecule has 0 aromatic heterocycles. The number of methoxy groups -OCH3 is 1. The predicted octanol–water partition coefficient (Wildman–Crippen LogP) is 6.22. The molecule has 3 rings (SSSR count). The Hall–Kier alpha value is -2.50. The fourth-order valence-corrected chi connectivity index (χ4v) is 5.30. The smallest absolute Gasteiger partial charge is 0.260 e. The van der Waals surface area contributed by atoms with E-state index in [1.807, 2.05) is 0 Å². The minimum absolute atomic E-state index is 0.221. The minimum atomic E-state index is -3.77. The lowest BCUT2D eigenvalue weighted by Gasteiger charge is -2.23. The van der Waals surface area contributed by atoms with Crippen molar-refractivity contribution in [2.75, 3.05) is 24.2 Å². The zero-order valence-corrected chi connectivity index (χ0v) is 25.1. The lowest BCUT2D eigenvalue weighted by Crippen LogP contribution is -2.39.